The third-order valence-electron chi connectivity index (χ3n) is 4.19. The summed E-state index contributed by atoms with van der Waals surface area (Å²) in [5.41, 5.74) is 1.20. The van der Waals surface area contributed by atoms with Crippen molar-refractivity contribution in [1.29, 1.82) is 0 Å². The highest BCUT2D eigenvalue weighted by Crippen LogP contribution is 2.36. The van der Waals surface area contributed by atoms with Crippen LogP contribution in [0.2, 0.25) is 18.1 Å². The van der Waals surface area contributed by atoms with Crippen LogP contribution >= 0.6 is 0 Å². The van der Waals surface area contributed by atoms with Crippen molar-refractivity contribution in [2.24, 2.45) is 0 Å². The second kappa shape index (κ2) is 9.45. The largest absolute Gasteiger partial charge is 0.417 e. The molecule has 0 heterocycles. The highest BCUT2D eigenvalue weighted by Gasteiger charge is 2.36. The van der Waals surface area contributed by atoms with Gasteiger partial charge in [-0.15, -0.1) is 0 Å². The van der Waals surface area contributed by atoms with E-state index in [1.54, 1.807) is 0 Å². The number of ether oxygens (including phenoxy) is 2. The first kappa shape index (κ1) is 19.4. The van der Waals surface area contributed by atoms with Gasteiger partial charge in [0.15, 0.2) is 8.32 Å². The fraction of sp³-hybridized carbons (Fsp3) is 0.667. The number of rotatable bonds is 10. The molecule has 0 N–H and O–H groups in total. The number of benzene rings is 1. The molecule has 1 rings (SSSR count). The zero-order chi connectivity index (χ0) is 16.5. The summed E-state index contributed by atoms with van der Waals surface area (Å²) in [6, 6.07) is 10.2. The average Bonchev–Trinajstić information content (AvgIpc) is 2.45. The van der Waals surface area contributed by atoms with Crippen molar-refractivity contribution in [1.82, 2.24) is 0 Å². The van der Waals surface area contributed by atoms with Crippen LogP contribution in [-0.2, 0) is 20.5 Å². The maximum absolute atomic E-state index is 6.11. The summed E-state index contributed by atoms with van der Waals surface area (Å²) in [6.07, 6.45) is 0.950. The van der Waals surface area contributed by atoms with Crippen LogP contribution in [0.25, 0.3) is 0 Å². The van der Waals surface area contributed by atoms with Gasteiger partial charge >= 0.3 is 0 Å². The number of hydrogen-bond donors (Lipinski definition) is 0. The molecule has 22 heavy (non-hydrogen) atoms. The van der Waals surface area contributed by atoms with Crippen molar-refractivity contribution >= 4 is 8.32 Å². The fourth-order valence-electron chi connectivity index (χ4n) is 1.69. The molecule has 0 aliphatic heterocycles. The van der Waals surface area contributed by atoms with E-state index in [-0.39, 0.29) is 5.04 Å². The zero-order valence-corrected chi connectivity index (χ0v) is 15.9. The smallest absolute Gasteiger partial charge is 0.191 e. The number of hydrogen-bond acceptors (Lipinski definition) is 3. The van der Waals surface area contributed by atoms with Crippen LogP contribution < -0.4 is 0 Å². The van der Waals surface area contributed by atoms with Gasteiger partial charge < -0.3 is 13.9 Å². The summed E-state index contributed by atoms with van der Waals surface area (Å²) in [6.45, 7) is 14.8. The second-order valence-electron chi connectivity index (χ2n) is 7.11. The Labute approximate surface area is 137 Å². The van der Waals surface area contributed by atoms with E-state index in [1.807, 2.05) is 18.2 Å². The molecule has 4 heteroatoms. The summed E-state index contributed by atoms with van der Waals surface area (Å²) in [7, 11) is -1.60. The van der Waals surface area contributed by atoms with Gasteiger partial charge in [0.1, 0.15) is 0 Å². The maximum Gasteiger partial charge on any atom is 0.191 e. The molecular weight excluding hydrogens is 292 g/mol. The third kappa shape index (κ3) is 7.54. The maximum atomic E-state index is 6.11. The standard InChI is InChI=1S/C18H32O3Si/c1-18(2,3)22(4,5)21-13-9-12-19-14-15-20-16-17-10-7-6-8-11-17/h6-8,10-11H,9,12-16H2,1-5H3. The Balaban J connectivity index is 1.96. The molecule has 0 saturated carbocycles. The summed E-state index contributed by atoms with van der Waals surface area (Å²) in [5.74, 6) is 0. The van der Waals surface area contributed by atoms with Crippen molar-refractivity contribution in [3.63, 3.8) is 0 Å². The van der Waals surface area contributed by atoms with Crippen LogP contribution in [0.4, 0.5) is 0 Å². The first-order valence-corrected chi connectivity index (χ1v) is 11.1. The molecular formula is C18H32O3Si. The summed E-state index contributed by atoms with van der Waals surface area (Å²) in [5, 5.41) is 0.277. The van der Waals surface area contributed by atoms with Gasteiger partial charge in [0.05, 0.1) is 19.8 Å². The fourth-order valence-corrected chi connectivity index (χ4v) is 2.78. The van der Waals surface area contributed by atoms with Gasteiger partial charge in [0, 0.05) is 13.2 Å². The van der Waals surface area contributed by atoms with E-state index in [9.17, 15) is 0 Å². The van der Waals surface area contributed by atoms with E-state index in [4.69, 9.17) is 13.9 Å². The molecule has 0 aliphatic rings. The highest BCUT2D eigenvalue weighted by atomic mass is 28.4. The van der Waals surface area contributed by atoms with Crippen LogP contribution in [0.1, 0.15) is 32.8 Å². The topological polar surface area (TPSA) is 27.7 Å². The van der Waals surface area contributed by atoms with Crippen LogP contribution in [0.15, 0.2) is 30.3 Å². The normalized spacial score (nSPS) is 12.6. The molecule has 0 fully saturated rings. The van der Waals surface area contributed by atoms with Crippen molar-refractivity contribution in [3.05, 3.63) is 35.9 Å². The zero-order valence-electron chi connectivity index (χ0n) is 14.9. The van der Waals surface area contributed by atoms with E-state index in [2.05, 4.69) is 46.0 Å². The second-order valence-corrected chi connectivity index (χ2v) is 11.9. The van der Waals surface area contributed by atoms with Crippen LogP contribution in [0.5, 0.6) is 0 Å². The molecule has 0 bridgehead atoms. The molecule has 0 radical (unpaired) electrons. The van der Waals surface area contributed by atoms with E-state index in [0.717, 1.165) is 19.6 Å². The minimum atomic E-state index is -1.60. The molecule has 0 aliphatic carbocycles. The summed E-state index contributed by atoms with van der Waals surface area (Å²) < 4.78 is 17.3. The first-order chi connectivity index (χ1) is 10.3. The summed E-state index contributed by atoms with van der Waals surface area (Å²) in [4.78, 5) is 0. The minimum Gasteiger partial charge on any atom is -0.417 e. The van der Waals surface area contributed by atoms with E-state index in [1.165, 1.54) is 5.56 Å². The molecule has 0 atom stereocenters. The van der Waals surface area contributed by atoms with Crippen molar-refractivity contribution < 1.29 is 13.9 Å². The lowest BCUT2D eigenvalue weighted by molar-refractivity contribution is 0.0364. The molecule has 0 saturated heterocycles. The Morgan fingerprint density at radius 2 is 1.50 bits per heavy atom. The average molecular weight is 325 g/mol. The molecule has 0 unspecified atom stereocenters. The molecule has 1 aromatic carbocycles. The molecule has 0 spiro atoms. The van der Waals surface area contributed by atoms with Crippen molar-refractivity contribution in [2.45, 2.75) is 51.9 Å². The van der Waals surface area contributed by atoms with Gasteiger partial charge in [0.25, 0.3) is 0 Å². The lowest BCUT2D eigenvalue weighted by Crippen LogP contribution is -2.41. The SMILES string of the molecule is CC(C)(C)[Si](C)(C)OCCCOCCOCc1ccccc1. The van der Waals surface area contributed by atoms with Crippen molar-refractivity contribution in [2.75, 3.05) is 26.4 Å². The Hall–Kier alpha value is -0.683. The molecule has 0 amide bonds. The molecule has 3 nitrogen and oxygen atoms in total. The highest BCUT2D eigenvalue weighted by molar-refractivity contribution is 6.74. The molecule has 126 valence electrons. The third-order valence-corrected chi connectivity index (χ3v) is 8.72. The van der Waals surface area contributed by atoms with E-state index < -0.39 is 8.32 Å². The minimum absolute atomic E-state index is 0.277. The van der Waals surface area contributed by atoms with E-state index >= 15 is 0 Å². The lowest BCUT2D eigenvalue weighted by Gasteiger charge is -2.36. The molecule has 1 aromatic rings. The van der Waals surface area contributed by atoms with Crippen LogP contribution in [0, 0.1) is 0 Å². The van der Waals surface area contributed by atoms with Gasteiger partial charge in [-0.1, -0.05) is 51.1 Å². The molecule has 0 aromatic heterocycles. The van der Waals surface area contributed by atoms with Gasteiger partial charge in [-0.25, -0.2) is 0 Å². The van der Waals surface area contributed by atoms with Crippen LogP contribution in [0.3, 0.4) is 0 Å². The van der Waals surface area contributed by atoms with Gasteiger partial charge in [-0.3, -0.25) is 0 Å². The Kier molecular flexibility index (Phi) is 8.32. The van der Waals surface area contributed by atoms with Gasteiger partial charge in [-0.2, -0.15) is 0 Å². The lowest BCUT2D eigenvalue weighted by atomic mass is 10.2. The Bertz CT molecular complexity index is 399. The van der Waals surface area contributed by atoms with Crippen LogP contribution in [-0.4, -0.2) is 34.7 Å². The van der Waals surface area contributed by atoms with Gasteiger partial charge in [0.2, 0.25) is 0 Å². The first-order valence-electron chi connectivity index (χ1n) is 8.16. The van der Waals surface area contributed by atoms with Crippen molar-refractivity contribution in [3.8, 4) is 0 Å². The quantitative estimate of drug-likeness (QED) is 0.464. The predicted octanol–water partition coefficient (Wildman–Crippen LogP) is 4.63. The summed E-state index contributed by atoms with van der Waals surface area (Å²) >= 11 is 0. The Morgan fingerprint density at radius 3 is 2.14 bits per heavy atom. The van der Waals surface area contributed by atoms with E-state index in [0.29, 0.717) is 19.8 Å². The van der Waals surface area contributed by atoms with Gasteiger partial charge in [-0.05, 0) is 30.1 Å². The predicted molar refractivity (Wildman–Crippen MR) is 94.7 cm³/mol. The Morgan fingerprint density at radius 1 is 0.864 bits per heavy atom. The monoisotopic (exact) mass is 324 g/mol.